The Bertz CT molecular complexity index is 1270. The van der Waals surface area contributed by atoms with Crippen molar-refractivity contribution in [3.63, 3.8) is 0 Å². The number of aromatic amines is 1. The molecule has 1 aromatic carbocycles. The van der Waals surface area contributed by atoms with Crippen molar-refractivity contribution in [2.75, 3.05) is 31.6 Å². The summed E-state index contributed by atoms with van der Waals surface area (Å²) in [6.07, 6.45) is 1.94. The maximum absolute atomic E-state index is 15.1. The van der Waals surface area contributed by atoms with E-state index in [4.69, 9.17) is 10.6 Å². The summed E-state index contributed by atoms with van der Waals surface area (Å²) in [4.78, 5) is 32.5. The van der Waals surface area contributed by atoms with E-state index in [9.17, 15) is 9.59 Å². The molecule has 0 radical (unpaired) electrons. The number of H-pyrrole nitrogens is 1. The van der Waals surface area contributed by atoms with Gasteiger partial charge in [-0.15, -0.1) is 0 Å². The van der Waals surface area contributed by atoms with Crippen molar-refractivity contribution in [2.45, 2.75) is 18.9 Å². The molecule has 1 aliphatic heterocycles. The summed E-state index contributed by atoms with van der Waals surface area (Å²) < 4.78 is 19.8. The molecule has 1 aliphatic carbocycles. The number of benzene rings is 1. The number of hydrogen-bond acceptors (Lipinski definition) is 7. The van der Waals surface area contributed by atoms with Gasteiger partial charge in [-0.2, -0.15) is 0 Å². The van der Waals surface area contributed by atoms with Gasteiger partial charge in [0.1, 0.15) is 23.1 Å². The van der Waals surface area contributed by atoms with Gasteiger partial charge in [-0.25, -0.2) is 4.39 Å². The molecule has 5 rings (SSSR count). The van der Waals surface area contributed by atoms with E-state index in [0.717, 1.165) is 30.1 Å². The molecule has 8 nitrogen and oxygen atoms in total. The number of pyridine rings is 1. The van der Waals surface area contributed by atoms with Gasteiger partial charge >= 0.3 is 0 Å². The van der Waals surface area contributed by atoms with E-state index in [2.05, 4.69) is 9.53 Å². The fourth-order valence-electron chi connectivity index (χ4n) is 4.15. The standard InChI is InChI=1S/C19H20FN5O3S/c1-28-22-13-8-24(7-9(13)6-21)15-5-14-11(4-12(15)20)17(26)16-18(27)23-29-19(16)25(14)10-2-3-10/h4-5,9-10H,2-3,6-8,21H2,1H3,(H,23,27)/t9-/m1/s1. The van der Waals surface area contributed by atoms with Crippen LogP contribution in [-0.2, 0) is 4.84 Å². The van der Waals surface area contributed by atoms with Gasteiger partial charge in [0, 0.05) is 30.4 Å². The molecule has 1 saturated carbocycles. The minimum absolute atomic E-state index is 0.0203. The lowest BCUT2D eigenvalue weighted by Gasteiger charge is -2.20. The van der Waals surface area contributed by atoms with Crippen molar-refractivity contribution >= 4 is 44.1 Å². The number of aromatic nitrogens is 2. The number of halogens is 1. The van der Waals surface area contributed by atoms with Gasteiger partial charge in [0.25, 0.3) is 5.56 Å². The predicted molar refractivity (Wildman–Crippen MR) is 112 cm³/mol. The number of rotatable bonds is 4. The Morgan fingerprint density at radius 2 is 2.17 bits per heavy atom. The number of anilines is 1. The quantitative estimate of drug-likeness (QED) is 0.630. The molecule has 1 saturated heterocycles. The van der Waals surface area contributed by atoms with E-state index in [-0.39, 0.29) is 22.7 Å². The Labute approximate surface area is 168 Å². The summed E-state index contributed by atoms with van der Waals surface area (Å²) in [7, 11) is 1.47. The van der Waals surface area contributed by atoms with Gasteiger partial charge in [-0.3, -0.25) is 14.0 Å². The Balaban J connectivity index is 1.73. The van der Waals surface area contributed by atoms with Crippen LogP contribution in [0.2, 0.25) is 0 Å². The molecule has 0 amide bonds. The molecule has 0 bridgehead atoms. The van der Waals surface area contributed by atoms with E-state index in [1.807, 2.05) is 9.47 Å². The first-order valence-corrected chi connectivity index (χ1v) is 10.3. The zero-order valence-corrected chi connectivity index (χ0v) is 16.6. The van der Waals surface area contributed by atoms with E-state index in [0.29, 0.717) is 35.7 Å². The first kappa shape index (κ1) is 18.3. The summed E-state index contributed by atoms with van der Waals surface area (Å²) in [6.45, 7) is 1.32. The van der Waals surface area contributed by atoms with Crippen LogP contribution in [0.1, 0.15) is 18.9 Å². The highest BCUT2D eigenvalue weighted by atomic mass is 32.1. The Morgan fingerprint density at radius 1 is 1.38 bits per heavy atom. The number of nitrogens with zero attached hydrogens (tertiary/aromatic N) is 3. The van der Waals surface area contributed by atoms with Crippen molar-refractivity contribution in [1.82, 2.24) is 8.94 Å². The summed E-state index contributed by atoms with van der Waals surface area (Å²) in [5.74, 6) is -0.523. The zero-order chi connectivity index (χ0) is 20.3. The number of nitrogens with two attached hydrogens (primary N) is 1. The van der Waals surface area contributed by atoms with Crippen LogP contribution in [0.5, 0.6) is 0 Å². The molecule has 2 aliphatic rings. The van der Waals surface area contributed by atoms with Crippen LogP contribution in [0.25, 0.3) is 21.1 Å². The normalized spacial score (nSPS) is 21.0. The lowest BCUT2D eigenvalue weighted by Crippen LogP contribution is -2.24. The molecule has 3 aromatic rings. The van der Waals surface area contributed by atoms with E-state index in [1.165, 1.54) is 13.2 Å². The van der Waals surface area contributed by atoms with Gasteiger partial charge in [0.05, 0.1) is 23.5 Å². The fourth-order valence-corrected chi connectivity index (χ4v) is 5.08. The van der Waals surface area contributed by atoms with Gasteiger partial charge in [0.15, 0.2) is 0 Å². The highest BCUT2D eigenvalue weighted by molar-refractivity contribution is 7.12. The highest BCUT2D eigenvalue weighted by Gasteiger charge is 2.33. The molecule has 1 atom stereocenters. The number of oxime groups is 1. The van der Waals surface area contributed by atoms with Gasteiger partial charge < -0.3 is 20.0 Å². The topological polar surface area (TPSA) is 106 Å². The summed E-state index contributed by atoms with van der Waals surface area (Å²) in [5, 5.41) is 4.38. The van der Waals surface area contributed by atoms with E-state index < -0.39 is 16.8 Å². The van der Waals surface area contributed by atoms with Gasteiger partial charge in [-0.1, -0.05) is 5.16 Å². The molecule has 3 N–H and O–H groups in total. The van der Waals surface area contributed by atoms with Crippen LogP contribution in [0.4, 0.5) is 10.1 Å². The summed E-state index contributed by atoms with van der Waals surface area (Å²) >= 11 is 1.16. The Morgan fingerprint density at radius 3 is 2.86 bits per heavy atom. The van der Waals surface area contributed by atoms with Crippen molar-refractivity contribution in [1.29, 1.82) is 0 Å². The molecule has 29 heavy (non-hydrogen) atoms. The molecule has 2 fully saturated rings. The molecular formula is C19H20FN5O3S. The number of hydrogen-bond donors (Lipinski definition) is 2. The maximum atomic E-state index is 15.1. The monoisotopic (exact) mass is 417 g/mol. The number of fused-ring (bicyclic) bond motifs is 2. The van der Waals surface area contributed by atoms with E-state index >= 15 is 4.39 Å². The predicted octanol–water partition coefficient (Wildman–Crippen LogP) is 1.78. The third-order valence-electron chi connectivity index (χ3n) is 5.71. The first-order chi connectivity index (χ1) is 14.0. The lowest BCUT2D eigenvalue weighted by molar-refractivity contribution is 0.211. The van der Waals surface area contributed by atoms with Crippen LogP contribution in [-0.4, -0.2) is 41.4 Å². The zero-order valence-electron chi connectivity index (χ0n) is 15.8. The average Bonchev–Trinajstić information content (AvgIpc) is 3.35. The van der Waals surface area contributed by atoms with Crippen LogP contribution in [0.3, 0.4) is 0 Å². The van der Waals surface area contributed by atoms with Gasteiger partial charge in [-0.05, 0) is 36.5 Å². The largest absolute Gasteiger partial charge is 0.399 e. The molecule has 3 heterocycles. The molecule has 152 valence electrons. The van der Waals surface area contributed by atoms with Crippen LogP contribution in [0, 0.1) is 11.7 Å². The van der Waals surface area contributed by atoms with E-state index in [1.54, 1.807) is 6.07 Å². The molecule has 0 unspecified atom stereocenters. The second-order valence-corrected chi connectivity index (χ2v) is 8.34. The fraction of sp³-hybridized carbons (Fsp3) is 0.421. The Hall–Kier alpha value is -2.72. The Kier molecular flexibility index (Phi) is 4.21. The smallest absolute Gasteiger partial charge is 0.271 e. The third kappa shape index (κ3) is 2.77. The van der Waals surface area contributed by atoms with Crippen molar-refractivity contribution in [3.05, 3.63) is 38.5 Å². The SMILES string of the molecule is CON=C1CN(c2cc3c(cc2F)c(=O)c2c(=O)[nH]sc2n3C2CC2)C[C@H]1CN. The number of nitrogens with one attached hydrogen (secondary N) is 1. The van der Waals surface area contributed by atoms with Crippen LogP contribution in [0.15, 0.2) is 26.9 Å². The van der Waals surface area contributed by atoms with Gasteiger partial charge in [0.2, 0.25) is 5.43 Å². The molecule has 0 spiro atoms. The third-order valence-corrected chi connectivity index (χ3v) is 6.59. The van der Waals surface area contributed by atoms with Crippen molar-refractivity contribution in [3.8, 4) is 0 Å². The lowest BCUT2D eigenvalue weighted by atomic mass is 10.1. The molecule has 2 aromatic heterocycles. The minimum atomic E-state index is -0.502. The summed E-state index contributed by atoms with van der Waals surface area (Å²) in [6, 6.07) is 3.19. The maximum Gasteiger partial charge on any atom is 0.271 e. The average molecular weight is 417 g/mol. The van der Waals surface area contributed by atoms with Crippen LogP contribution >= 0.6 is 11.5 Å². The molecular weight excluding hydrogens is 397 g/mol. The first-order valence-electron chi connectivity index (χ1n) is 9.47. The van der Waals surface area contributed by atoms with Crippen LogP contribution < -0.4 is 21.6 Å². The van der Waals surface area contributed by atoms with Crippen molar-refractivity contribution < 1.29 is 9.23 Å². The van der Waals surface area contributed by atoms with Crippen molar-refractivity contribution in [2.24, 2.45) is 16.8 Å². The second kappa shape index (κ2) is 6.67. The highest BCUT2D eigenvalue weighted by Crippen LogP contribution is 2.41. The molecule has 10 heteroatoms. The summed E-state index contributed by atoms with van der Waals surface area (Å²) in [5.41, 5.74) is 6.82. The minimum Gasteiger partial charge on any atom is -0.399 e. The second-order valence-electron chi connectivity index (χ2n) is 7.54.